The van der Waals surface area contributed by atoms with E-state index in [0.717, 1.165) is 5.56 Å². The summed E-state index contributed by atoms with van der Waals surface area (Å²) < 4.78 is 7.58. The van der Waals surface area contributed by atoms with E-state index in [0.29, 0.717) is 17.7 Å². The van der Waals surface area contributed by atoms with Gasteiger partial charge in [-0.1, -0.05) is 32.9 Å². The molecule has 2 aromatic rings. The minimum absolute atomic E-state index is 0.0844. The zero-order valence-corrected chi connectivity index (χ0v) is 17.9. The van der Waals surface area contributed by atoms with E-state index in [1.807, 2.05) is 27.7 Å². The highest BCUT2D eigenvalue weighted by Gasteiger charge is 2.30. The van der Waals surface area contributed by atoms with Gasteiger partial charge in [-0.05, 0) is 30.0 Å². The van der Waals surface area contributed by atoms with Crippen LogP contribution in [0.4, 0.5) is 0 Å². The van der Waals surface area contributed by atoms with Crippen LogP contribution in [0.15, 0.2) is 39.5 Å². The number of hydrogen-bond donors (Lipinski definition) is 1. The van der Waals surface area contributed by atoms with Crippen molar-refractivity contribution in [2.45, 2.75) is 40.2 Å². The topological polar surface area (TPSA) is 127 Å². The van der Waals surface area contributed by atoms with Crippen LogP contribution in [0.2, 0.25) is 0 Å². The molecule has 0 radical (unpaired) electrons. The largest absolute Gasteiger partial charge is 0.504 e. The molecule has 9 heteroatoms. The van der Waals surface area contributed by atoms with Gasteiger partial charge in [-0.15, -0.1) is 4.91 Å². The van der Waals surface area contributed by atoms with Crippen molar-refractivity contribution in [2.75, 3.05) is 13.2 Å². The van der Waals surface area contributed by atoms with Gasteiger partial charge in [0.25, 0.3) is 0 Å². The number of phenols is 1. The van der Waals surface area contributed by atoms with Gasteiger partial charge in [-0.25, -0.2) is 0 Å². The first kappa shape index (κ1) is 22.3. The fourth-order valence-electron chi connectivity index (χ4n) is 3.76. The molecule has 1 aromatic heterocycles. The SMILES string of the molecule is CC(C)C1Cc2cc(OCC(C)(C)CN=O)c(O)cc2-c2cc(=O)c(C(=O)N=O)cn21. The molecule has 1 aromatic carbocycles. The smallest absolute Gasteiger partial charge is 0.322 e. The normalized spacial score (nSPS) is 15.2. The Labute approximate surface area is 179 Å². The predicted octanol–water partition coefficient (Wildman–Crippen LogP) is 4.05. The summed E-state index contributed by atoms with van der Waals surface area (Å²) in [5, 5.41) is 15.8. The molecule has 0 saturated carbocycles. The second-order valence-corrected chi connectivity index (χ2v) is 8.97. The van der Waals surface area contributed by atoms with Crippen molar-refractivity contribution in [3.8, 4) is 22.8 Å². The third-order valence-corrected chi connectivity index (χ3v) is 5.52. The quantitative estimate of drug-likeness (QED) is 0.664. The van der Waals surface area contributed by atoms with Crippen molar-refractivity contribution in [3.63, 3.8) is 0 Å². The molecule has 9 nitrogen and oxygen atoms in total. The Morgan fingerprint density at radius 3 is 2.61 bits per heavy atom. The summed E-state index contributed by atoms with van der Waals surface area (Å²) in [6.45, 7) is 8.00. The van der Waals surface area contributed by atoms with Gasteiger partial charge in [0.2, 0.25) is 0 Å². The van der Waals surface area contributed by atoms with E-state index in [1.165, 1.54) is 18.3 Å². The second kappa shape index (κ2) is 8.41. The van der Waals surface area contributed by atoms with Gasteiger partial charge in [-0.3, -0.25) is 9.59 Å². The fourth-order valence-corrected chi connectivity index (χ4v) is 3.76. The van der Waals surface area contributed by atoms with Crippen LogP contribution in [0.1, 0.15) is 49.7 Å². The third-order valence-electron chi connectivity index (χ3n) is 5.52. The summed E-state index contributed by atoms with van der Waals surface area (Å²) in [5.74, 6) is -0.775. The molecule has 0 fully saturated rings. The average Bonchev–Trinajstić information content (AvgIpc) is 2.70. The molecule has 31 heavy (non-hydrogen) atoms. The molecule has 0 bridgehead atoms. The Balaban J connectivity index is 2.08. The number of rotatable bonds is 7. The molecule has 1 aliphatic rings. The molecule has 164 valence electrons. The number of carbonyl (C=O) groups excluding carboxylic acids is 1. The van der Waals surface area contributed by atoms with Gasteiger partial charge in [0.05, 0.1) is 18.8 Å². The number of fused-ring (bicyclic) bond motifs is 3. The van der Waals surface area contributed by atoms with Crippen molar-refractivity contribution in [1.82, 2.24) is 4.57 Å². The van der Waals surface area contributed by atoms with Crippen LogP contribution >= 0.6 is 0 Å². The van der Waals surface area contributed by atoms with Crippen LogP contribution < -0.4 is 10.2 Å². The Morgan fingerprint density at radius 1 is 1.29 bits per heavy atom. The van der Waals surface area contributed by atoms with E-state index in [4.69, 9.17) is 4.74 Å². The van der Waals surface area contributed by atoms with Crippen LogP contribution in [0.3, 0.4) is 0 Å². The first-order valence-corrected chi connectivity index (χ1v) is 10.00. The molecule has 1 N–H and O–H groups in total. The number of nitroso groups, excluding NO2 is 2. The molecule has 0 saturated heterocycles. The van der Waals surface area contributed by atoms with Crippen molar-refractivity contribution in [3.05, 3.63) is 55.6 Å². The number of ether oxygens (including phenoxy) is 1. The van der Waals surface area contributed by atoms with Crippen LogP contribution in [0.25, 0.3) is 11.3 Å². The molecule has 1 amide bonds. The van der Waals surface area contributed by atoms with Crippen LogP contribution in [0.5, 0.6) is 11.5 Å². The van der Waals surface area contributed by atoms with E-state index in [9.17, 15) is 24.5 Å². The molecule has 1 aliphatic heterocycles. The molecule has 1 unspecified atom stereocenters. The van der Waals surface area contributed by atoms with E-state index in [2.05, 4.69) is 10.4 Å². The maximum Gasteiger partial charge on any atom is 0.322 e. The van der Waals surface area contributed by atoms with E-state index in [-0.39, 0.29) is 42.2 Å². The zero-order valence-electron chi connectivity index (χ0n) is 17.9. The number of benzene rings is 1. The lowest BCUT2D eigenvalue weighted by atomic mass is 9.87. The number of phenolic OH excluding ortho intramolecular Hbond substituents is 1. The minimum Gasteiger partial charge on any atom is -0.504 e. The Bertz CT molecular complexity index is 1100. The first-order valence-electron chi connectivity index (χ1n) is 10.00. The van der Waals surface area contributed by atoms with Crippen molar-refractivity contribution >= 4 is 5.91 Å². The highest BCUT2D eigenvalue weighted by atomic mass is 16.5. The Hall–Kier alpha value is -3.36. The van der Waals surface area contributed by atoms with Crippen molar-refractivity contribution in [2.24, 2.45) is 21.7 Å². The molecular formula is C22H25N3O6. The van der Waals surface area contributed by atoms with Crippen LogP contribution in [-0.4, -0.2) is 28.7 Å². The minimum atomic E-state index is -1.10. The number of aromatic hydroxyl groups is 1. The van der Waals surface area contributed by atoms with Gasteiger partial charge in [0, 0.05) is 34.5 Å². The van der Waals surface area contributed by atoms with E-state index < -0.39 is 16.8 Å². The second-order valence-electron chi connectivity index (χ2n) is 8.97. The average molecular weight is 427 g/mol. The summed E-state index contributed by atoms with van der Waals surface area (Å²) in [7, 11) is 0. The summed E-state index contributed by atoms with van der Waals surface area (Å²) in [6.07, 6.45) is 1.95. The highest BCUT2D eigenvalue weighted by molar-refractivity contribution is 5.94. The Kier molecular flexibility index (Phi) is 6.06. The van der Waals surface area contributed by atoms with Gasteiger partial charge in [-0.2, -0.15) is 4.91 Å². The van der Waals surface area contributed by atoms with Gasteiger partial charge < -0.3 is 14.4 Å². The Morgan fingerprint density at radius 2 is 2.00 bits per heavy atom. The standard InChI is InChI=1S/C22H25N3O6/c1-12(2)16-5-13-6-20(31-11-22(3,4)10-23-29)19(27)7-14(13)17-8-18(26)15(9-25(16)17)21(28)24-30/h6-9,12,16,27H,5,10-11H2,1-4H3. The van der Waals surface area contributed by atoms with E-state index in [1.54, 1.807) is 10.6 Å². The van der Waals surface area contributed by atoms with Gasteiger partial charge in [0.1, 0.15) is 5.56 Å². The summed E-state index contributed by atoms with van der Waals surface area (Å²) in [4.78, 5) is 45.5. The fraction of sp³-hybridized carbons (Fsp3) is 0.455. The lowest BCUT2D eigenvalue weighted by molar-refractivity contribution is 0.0998. The van der Waals surface area contributed by atoms with Crippen molar-refractivity contribution in [1.29, 1.82) is 0 Å². The van der Waals surface area contributed by atoms with Crippen LogP contribution in [-0.2, 0) is 6.42 Å². The number of amides is 1. The highest BCUT2D eigenvalue weighted by Crippen LogP contribution is 2.42. The molecular weight excluding hydrogens is 402 g/mol. The van der Waals surface area contributed by atoms with E-state index >= 15 is 0 Å². The first-order chi connectivity index (χ1) is 14.6. The molecule has 0 aliphatic carbocycles. The summed E-state index contributed by atoms with van der Waals surface area (Å²) in [5.41, 5.74) is 0.701. The molecule has 1 atom stereocenters. The number of hydrogen-bond acceptors (Lipinski definition) is 7. The van der Waals surface area contributed by atoms with Crippen LogP contribution in [0, 0.1) is 21.1 Å². The predicted molar refractivity (Wildman–Crippen MR) is 115 cm³/mol. The number of nitrogens with zero attached hydrogens (tertiary/aromatic N) is 3. The lowest BCUT2D eigenvalue weighted by Gasteiger charge is -2.33. The summed E-state index contributed by atoms with van der Waals surface area (Å²) in [6, 6.07) is 4.47. The number of carbonyl (C=O) groups is 1. The third kappa shape index (κ3) is 4.40. The van der Waals surface area contributed by atoms with Gasteiger partial charge >= 0.3 is 5.91 Å². The monoisotopic (exact) mass is 427 g/mol. The molecule has 2 heterocycles. The molecule has 0 spiro atoms. The maximum atomic E-state index is 12.4. The summed E-state index contributed by atoms with van der Waals surface area (Å²) >= 11 is 0. The number of pyridine rings is 1. The maximum absolute atomic E-state index is 12.4. The number of aromatic nitrogens is 1. The molecule has 3 rings (SSSR count). The van der Waals surface area contributed by atoms with Gasteiger partial charge in [0.15, 0.2) is 16.9 Å². The zero-order chi connectivity index (χ0) is 22.9. The van der Waals surface area contributed by atoms with Crippen molar-refractivity contribution < 1.29 is 14.6 Å². The lowest BCUT2D eigenvalue weighted by Crippen LogP contribution is -2.28.